The second kappa shape index (κ2) is 7.38. The first kappa shape index (κ1) is 15.0. The summed E-state index contributed by atoms with van der Waals surface area (Å²) in [7, 11) is 0. The van der Waals surface area contributed by atoms with E-state index in [0.717, 1.165) is 12.3 Å². The van der Waals surface area contributed by atoms with Crippen LogP contribution >= 0.6 is 15.9 Å². The summed E-state index contributed by atoms with van der Waals surface area (Å²) in [4.78, 5) is 10.8. The van der Waals surface area contributed by atoms with E-state index in [2.05, 4.69) is 35.1 Å². The maximum absolute atomic E-state index is 10.8. The van der Waals surface area contributed by atoms with Gasteiger partial charge in [-0.05, 0) is 40.0 Å². The quantitative estimate of drug-likeness (QED) is 0.758. The molecular formula is C13H18BrNO3. The predicted octanol–water partition coefficient (Wildman–Crippen LogP) is 3.23. The highest BCUT2D eigenvalue weighted by molar-refractivity contribution is 9.10. The molecule has 0 aliphatic carbocycles. The monoisotopic (exact) mass is 315 g/mol. The number of benzene rings is 1. The maximum Gasteiger partial charge on any atom is 0.336 e. The van der Waals surface area contributed by atoms with Crippen LogP contribution in [0, 0.1) is 5.92 Å². The number of ether oxygens (including phenoxy) is 1. The van der Waals surface area contributed by atoms with Gasteiger partial charge in [0.1, 0.15) is 0 Å². The van der Waals surface area contributed by atoms with Crippen LogP contribution in [0.3, 0.4) is 0 Å². The Morgan fingerprint density at radius 3 is 2.78 bits per heavy atom. The van der Waals surface area contributed by atoms with Crippen molar-refractivity contribution in [3.8, 4) is 0 Å². The van der Waals surface area contributed by atoms with Crippen LogP contribution in [-0.2, 0) is 4.74 Å². The van der Waals surface area contributed by atoms with Gasteiger partial charge in [-0.2, -0.15) is 0 Å². The highest BCUT2D eigenvalue weighted by atomic mass is 79.9. The fourth-order valence-corrected chi connectivity index (χ4v) is 1.93. The number of halogens is 1. The zero-order valence-electron chi connectivity index (χ0n) is 10.6. The van der Waals surface area contributed by atoms with Crippen LogP contribution in [0.5, 0.6) is 0 Å². The van der Waals surface area contributed by atoms with Crippen molar-refractivity contribution >= 4 is 27.6 Å². The molecule has 1 aromatic rings. The van der Waals surface area contributed by atoms with Crippen molar-refractivity contribution in [3.63, 3.8) is 0 Å². The second-order valence-electron chi connectivity index (χ2n) is 4.40. The predicted molar refractivity (Wildman–Crippen MR) is 75.2 cm³/mol. The van der Waals surface area contributed by atoms with Gasteiger partial charge in [-0.15, -0.1) is 0 Å². The molecule has 0 bridgehead atoms. The Bertz CT molecular complexity index is 407. The zero-order valence-corrected chi connectivity index (χ0v) is 12.2. The highest BCUT2D eigenvalue weighted by Crippen LogP contribution is 2.21. The molecule has 0 atom stereocenters. The summed E-state index contributed by atoms with van der Waals surface area (Å²) in [6.45, 7) is 6.30. The average Bonchev–Trinajstić information content (AvgIpc) is 2.27. The third-order valence-electron chi connectivity index (χ3n) is 2.23. The van der Waals surface area contributed by atoms with Gasteiger partial charge in [0.05, 0.1) is 12.2 Å². The molecular weight excluding hydrogens is 298 g/mol. The minimum atomic E-state index is -0.936. The lowest BCUT2D eigenvalue weighted by molar-refractivity contribution is 0.0696. The Labute approximate surface area is 115 Å². The van der Waals surface area contributed by atoms with E-state index in [9.17, 15) is 4.79 Å². The summed E-state index contributed by atoms with van der Waals surface area (Å²) in [5.41, 5.74) is 1.14. The van der Waals surface area contributed by atoms with Crippen LogP contribution in [0.2, 0.25) is 0 Å². The number of carboxylic acid groups (broad SMARTS) is 1. The number of carboxylic acids is 1. The Morgan fingerprint density at radius 2 is 2.22 bits per heavy atom. The summed E-state index contributed by atoms with van der Waals surface area (Å²) in [6.07, 6.45) is 0. The van der Waals surface area contributed by atoms with Crippen molar-refractivity contribution in [1.29, 1.82) is 0 Å². The van der Waals surface area contributed by atoms with Gasteiger partial charge in [-0.3, -0.25) is 0 Å². The molecule has 0 amide bonds. The van der Waals surface area contributed by atoms with Crippen molar-refractivity contribution in [2.75, 3.05) is 25.1 Å². The minimum absolute atomic E-state index is 0.261. The molecule has 0 fully saturated rings. The molecule has 4 nitrogen and oxygen atoms in total. The second-order valence-corrected chi connectivity index (χ2v) is 5.25. The van der Waals surface area contributed by atoms with Gasteiger partial charge in [0.2, 0.25) is 0 Å². The van der Waals surface area contributed by atoms with E-state index >= 15 is 0 Å². The SMILES string of the molecule is CC(C)COCCNc1ccc(C(=O)O)c(Br)c1. The molecule has 5 heteroatoms. The summed E-state index contributed by atoms with van der Waals surface area (Å²) >= 11 is 3.24. The van der Waals surface area contributed by atoms with E-state index in [0.29, 0.717) is 23.5 Å². The van der Waals surface area contributed by atoms with Crippen LogP contribution in [0.4, 0.5) is 5.69 Å². The molecule has 100 valence electrons. The molecule has 0 heterocycles. The third kappa shape index (κ3) is 5.06. The molecule has 0 unspecified atom stereocenters. The molecule has 0 spiro atoms. The van der Waals surface area contributed by atoms with E-state index in [-0.39, 0.29) is 5.56 Å². The number of nitrogens with one attached hydrogen (secondary N) is 1. The Balaban J connectivity index is 2.39. The van der Waals surface area contributed by atoms with Crippen LogP contribution in [0.1, 0.15) is 24.2 Å². The number of aromatic carboxylic acids is 1. The van der Waals surface area contributed by atoms with Crippen molar-refractivity contribution < 1.29 is 14.6 Å². The van der Waals surface area contributed by atoms with Crippen molar-refractivity contribution in [1.82, 2.24) is 0 Å². The molecule has 1 rings (SSSR count). The van der Waals surface area contributed by atoms with E-state index in [1.807, 2.05) is 0 Å². The molecule has 0 aliphatic heterocycles. The third-order valence-corrected chi connectivity index (χ3v) is 2.88. The molecule has 18 heavy (non-hydrogen) atoms. The molecule has 0 saturated heterocycles. The van der Waals surface area contributed by atoms with Gasteiger partial charge in [-0.1, -0.05) is 13.8 Å². The van der Waals surface area contributed by atoms with E-state index < -0.39 is 5.97 Å². The summed E-state index contributed by atoms with van der Waals surface area (Å²) in [6, 6.07) is 5.08. The molecule has 0 radical (unpaired) electrons. The van der Waals surface area contributed by atoms with Gasteiger partial charge in [0, 0.05) is 23.3 Å². The van der Waals surface area contributed by atoms with Crippen molar-refractivity contribution in [2.24, 2.45) is 5.92 Å². The summed E-state index contributed by atoms with van der Waals surface area (Å²) in [5.74, 6) is -0.400. The molecule has 0 aromatic heterocycles. The number of carbonyl (C=O) groups is 1. The number of anilines is 1. The van der Waals surface area contributed by atoms with Gasteiger partial charge in [0.15, 0.2) is 0 Å². The number of hydrogen-bond donors (Lipinski definition) is 2. The maximum atomic E-state index is 10.8. The minimum Gasteiger partial charge on any atom is -0.478 e. The molecule has 0 aliphatic rings. The Morgan fingerprint density at radius 1 is 1.50 bits per heavy atom. The van der Waals surface area contributed by atoms with Crippen molar-refractivity contribution in [3.05, 3.63) is 28.2 Å². The van der Waals surface area contributed by atoms with E-state index in [4.69, 9.17) is 9.84 Å². The van der Waals surface area contributed by atoms with Crippen LogP contribution in [-0.4, -0.2) is 30.8 Å². The summed E-state index contributed by atoms with van der Waals surface area (Å²) in [5, 5.41) is 12.1. The largest absolute Gasteiger partial charge is 0.478 e. The average molecular weight is 316 g/mol. The zero-order chi connectivity index (χ0) is 13.5. The van der Waals surface area contributed by atoms with E-state index in [1.165, 1.54) is 0 Å². The van der Waals surface area contributed by atoms with Gasteiger partial charge < -0.3 is 15.2 Å². The van der Waals surface area contributed by atoms with Crippen LogP contribution in [0.25, 0.3) is 0 Å². The van der Waals surface area contributed by atoms with Crippen LogP contribution < -0.4 is 5.32 Å². The van der Waals surface area contributed by atoms with Gasteiger partial charge in [-0.25, -0.2) is 4.79 Å². The van der Waals surface area contributed by atoms with E-state index in [1.54, 1.807) is 18.2 Å². The highest BCUT2D eigenvalue weighted by Gasteiger charge is 2.07. The summed E-state index contributed by atoms with van der Waals surface area (Å²) < 4.78 is 6.01. The first-order valence-electron chi connectivity index (χ1n) is 5.85. The number of hydrogen-bond acceptors (Lipinski definition) is 3. The topological polar surface area (TPSA) is 58.6 Å². The van der Waals surface area contributed by atoms with Crippen LogP contribution in [0.15, 0.2) is 22.7 Å². The van der Waals surface area contributed by atoms with Crippen molar-refractivity contribution in [2.45, 2.75) is 13.8 Å². The smallest absolute Gasteiger partial charge is 0.336 e. The first-order chi connectivity index (χ1) is 8.50. The lowest BCUT2D eigenvalue weighted by Crippen LogP contribution is -2.12. The lowest BCUT2D eigenvalue weighted by Gasteiger charge is -2.10. The lowest BCUT2D eigenvalue weighted by atomic mass is 10.2. The number of rotatable bonds is 7. The standard InChI is InChI=1S/C13H18BrNO3/c1-9(2)8-18-6-5-15-10-3-4-11(13(16)17)12(14)7-10/h3-4,7,9,15H,5-6,8H2,1-2H3,(H,16,17). The van der Waals surface area contributed by atoms with Gasteiger partial charge >= 0.3 is 5.97 Å². The Kier molecular flexibility index (Phi) is 6.15. The Hall–Kier alpha value is -1.07. The molecule has 1 aromatic carbocycles. The fraction of sp³-hybridized carbons (Fsp3) is 0.462. The normalized spacial score (nSPS) is 10.7. The molecule has 0 saturated carbocycles. The van der Waals surface area contributed by atoms with Gasteiger partial charge in [0.25, 0.3) is 0 Å². The molecule has 2 N–H and O–H groups in total. The fourth-order valence-electron chi connectivity index (χ4n) is 1.39. The first-order valence-corrected chi connectivity index (χ1v) is 6.64.